The topological polar surface area (TPSA) is 307 Å². The van der Waals surface area contributed by atoms with Crippen LogP contribution in [0.25, 0.3) is 60.4 Å². The predicted molar refractivity (Wildman–Crippen MR) is 508 cm³/mol. The molecule has 15 aromatic rings. The molecule has 5 aromatic heterocycles. The number of nitro benzene ring substituents is 1. The molecule has 650 valence electrons. The number of hydrogen-bond donors (Lipinski definition) is 5. The number of carbonyl (C=O) groups is 2. The first kappa shape index (κ1) is 87.6. The number of nitro groups is 1. The number of phenolic OH excluding ortho intramolecular Hbond substituents is 3. The van der Waals surface area contributed by atoms with Crippen molar-refractivity contribution < 1.29 is 54.3 Å². The van der Waals surface area contributed by atoms with E-state index >= 15 is 0 Å². The Labute approximate surface area is 754 Å². The summed E-state index contributed by atoms with van der Waals surface area (Å²) in [5.41, 5.74) is 20.7. The molecule has 0 spiro atoms. The van der Waals surface area contributed by atoms with E-state index in [0.717, 1.165) is 111 Å². The van der Waals surface area contributed by atoms with Crippen LogP contribution in [0.1, 0.15) is 139 Å². The molecule has 0 saturated carbocycles. The third kappa shape index (κ3) is 20.0. The van der Waals surface area contributed by atoms with E-state index in [4.69, 9.17) is 39.1 Å². The van der Waals surface area contributed by atoms with Gasteiger partial charge in [-0.2, -0.15) is 0 Å². The number of rotatable bonds is 25. The smallest absolute Gasteiger partial charge is 0.332 e. The zero-order valence-electron chi connectivity index (χ0n) is 72.1. The highest BCUT2D eigenvalue weighted by Crippen LogP contribution is 2.44. The summed E-state index contributed by atoms with van der Waals surface area (Å²) in [5, 5.41) is 66.3. The number of fused-ring (bicyclic) bond motifs is 6. The molecule has 3 atom stereocenters. The molecule has 0 bridgehead atoms. The van der Waals surface area contributed by atoms with Gasteiger partial charge >= 0.3 is 5.97 Å². The van der Waals surface area contributed by atoms with Crippen LogP contribution >= 0.6 is 23.1 Å². The monoisotopic (exact) mass is 1750 g/mol. The lowest BCUT2D eigenvalue weighted by atomic mass is 9.90. The van der Waals surface area contributed by atoms with Gasteiger partial charge in [0.25, 0.3) is 11.6 Å². The highest BCUT2D eigenvalue weighted by atomic mass is 32.2. The first-order valence-electron chi connectivity index (χ1n) is 42.7. The van der Waals surface area contributed by atoms with Gasteiger partial charge < -0.3 is 39.7 Å². The van der Waals surface area contributed by atoms with Gasteiger partial charge in [0.05, 0.1) is 63.8 Å². The van der Waals surface area contributed by atoms with Gasteiger partial charge in [0.1, 0.15) is 56.3 Å². The average Bonchev–Trinajstić information content (AvgIpc) is 1.62. The number of hydrogen-bond acceptors (Lipinski definition) is 21. The number of aliphatic imine (C=N–C) groups is 2. The van der Waals surface area contributed by atoms with Crippen LogP contribution in [0, 0.1) is 16.0 Å². The number of aromatic nitrogens is 7. The highest BCUT2D eigenvalue weighted by Gasteiger charge is 2.38. The van der Waals surface area contributed by atoms with E-state index in [9.17, 15) is 45.2 Å². The molecule has 1 aliphatic carbocycles. The fourth-order valence-corrected chi connectivity index (χ4v) is 18.1. The molecule has 1 unspecified atom stereocenters. The minimum atomic E-state index is -0.910. The number of aromatic hydroxyl groups is 5. The summed E-state index contributed by atoms with van der Waals surface area (Å²) in [6.07, 6.45) is 16.3. The number of allylic oxidation sites excluding steroid dienone is 5. The zero-order chi connectivity index (χ0) is 89.9. The van der Waals surface area contributed by atoms with Crippen molar-refractivity contribution in [3.63, 3.8) is 0 Å². The number of thiazole rings is 1. The summed E-state index contributed by atoms with van der Waals surface area (Å²) < 4.78 is 20.1. The second kappa shape index (κ2) is 39.4. The Hall–Kier alpha value is -14.8. The number of amides is 1. The molecule has 25 heteroatoms. The Balaban J connectivity index is 0.000000126. The summed E-state index contributed by atoms with van der Waals surface area (Å²) in [5.74, 6) is 2.19. The minimum Gasteiger partial charge on any atom is -0.508 e. The quantitative estimate of drug-likeness (QED) is 0.0117. The lowest BCUT2D eigenvalue weighted by Crippen LogP contribution is -2.30. The molecule has 129 heavy (non-hydrogen) atoms. The van der Waals surface area contributed by atoms with Crippen molar-refractivity contribution in [1.29, 1.82) is 0 Å². The fourth-order valence-electron chi connectivity index (χ4n) is 16.1. The van der Waals surface area contributed by atoms with E-state index in [2.05, 4.69) is 128 Å². The molecule has 5 N–H and O–H groups in total. The van der Waals surface area contributed by atoms with Crippen molar-refractivity contribution in [2.24, 2.45) is 15.9 Å². The van der Waals surface area contributed by atoms with Gasteiger partial charge in [0.15, 0.2) is 28.8 Å². The van der Waals surface area contributed by atoms with E-state index in [-0.39, 0.29) is 57.8 Å². The van der Waals surface area contributed by atoms with Crippen molar-refractivity contribution in [1.82, 2.24) is 38.6 Å². The number of imidazole rings is 2. The summed E-state index contributed by atoms with van der Waals surface area (Å²) in [6, 6.07) is 74.0. The van der Waals surface area contributed by atoms with E-state index in [1.807, 2.05) is 114 Å². The molecule has 19 rings (SSSR count). The molecule has 0 saturated heterocycles. The minimum absolute atomic E-state index is 0.0582. The van der Waals surface area contributed by atoms with Crippen molar-refractivity contribution in [3.8, 4) is 63.0 Å². The maximum absolute atomic E-state index is 13.2. The highest BCUT2D eigenvalue weighted by molar-refractivity contribution is 8.15. The summed E-state index contributed by atoms with van der Waals surface area (Å²) in [4.78, 5) is 72.0. The third-order valence-corrected chi connectivity index (χ3v) is 25.2. The molecule has 8 heterocycles. The van der Waals surface area contributed by atoms with Crippen LogP contribution in [0.2, 0.25) is 0 Å². The number of carbonyl (C=O) groups excluding carboxylic acids is 2. The maximum atomic E-state index is 13.2. The van der Waals surface area contributed by atoms with Crippen LogP contribution < -0.4 is 9.47 Å². The molecular formula is C104H95N11O12S2. The third-order valence-electron chi connectivity index (χ3n) is 23.0. The maximum Gasteiger partial charge on any atom is 0.332 e. The standard InChI is InChI=1S/C30H23N3O2.C27H32N2O.C26H21N3O2.C21H19N3O7S2/c34-25-14-12-23(13-15-25)28-19-33-29(26(31-28)17-20-6-2-1-3-7-20)32-27(30(33)35)18-21-10-11-22-8-4-5-9-24(22)16-21;1-5-19(4)25-27(30)29-17-22(24-15-14-20-11-8-9-13-23(20)24)16-21(26(29)28-25)12-7-6-10-18(2)3;30-21-13-11-20(12-14-21)24-17-29-25(22(27-24)15-18-7-3-1-4-8-18)28-23(26(29)31)16-19-9-5-2-6-10-19;1-10(12-7-16(29-2)17(30-3)8-15(12)24(27)28)31-21(26)14-9-32-19(23-14)20-22-13-5-4-11(25)6-18(13)33-20/h1-16,19,34-35H,17-18H2;8-9,11,13,15,17,19H,2,5-7,10,12,14,16H2,1,3-4H3;1-14,17,30-31H,15-16H2;4-8,10,14,25H,9H2,1-3H3/t;19-;;10?,14-/m.0.1/s1. The number of thioether (sulfide) groups is 1. The van der Waals surface area contributed by atoms with Crippen molar-refractivity contribution in [2.45, 2.75) is 110 Å². The van der Waals surface area contributed by atoms with Gasteiger partial charge in [-0.25, -0.2) is 34.7 Å². The summed E-state index contributed by atoms with van der Waals surface area (Å²) in [6.45, 7) is 11.9. The van der Waals surface area contributed by atoms with Crippen molar-refractivity contribution in [3.05, 3.63) is 367 Å². The van der Waals surface area contributed by atoms with Crippen LogP contribution in [0.5, 0.6) is 40.5 Å². The first-order valence-corrected chi connectivity index (χ1v) is 44.5. The number of benzene rings is 10. The van der Waals surface area contributed by atoms with Crippen molar-refractivity contribution >= 4 is 89.3 Å². The van der Waals surface area contributed by atoms with Crippen LogP contribution in [-0.2, 0) is 46.4 Å². The van der Waals surface area contributed by atoms with Gasteiger partial charge in [-0.05, 0) is 192 Å². The predicted octanol–water partition coefficient (Wildman–Crippen LogP) is 21.8. The number of methoxy groups -OCH3 is 2. The number of nitrogens with zero attached hydrogens (tertiary/aromatic N) is 11. The lowest BCUT2D eigenvalue weighted by molar-refractivity contribution is -0.386. The molecule has 0 radical (unpaired) electrons. The second-order valence-corrected chi connectivity index (χ2v) is 34.2. The Morgan fingerprint density at radius 1 is 0.612 bits per heavy atom. The molecule has 0 fully saturated rings. The van der Waals surface area contributed by atoms with Crippen LogP contribution in [0.4, 0.5) is 5.69 Å². The van der Waals surface area contributed by atoms with Crippen LogP contribution in [0.3, 0.4) is 0 Å². The number of unbranched alkanes of at least 4 members (excludes halogenated alkanes) is 1. The molecule has 23 nitrogen and oxygen atoms in total. The molecular weight excluding hydrogens is 1660 g/mol. The van der Waals surface area contributed by atoms with E-state index in [0.29, 0.717) is 87.0 Å². The fraction of sp³-hybridized carbons (Fsp3) is 0.202. The average molecular weight is 1760 g/mol. The SMILES string of the molecule is C=C(C)CCCCC1=C2N=C([C@@H](C)CC)C(=O)N2C=C(C2=CCc3ccccc32)C1.COc1cc(C(C)OC(=O)[C@H]2CSC(c3nc4ccc(O)cc4s3)=N2)c([N+](=O)[O-])cc1OC.Oc1ccc(-c2cn3c(O)c(Cc4ccc5ccccc5c4)nc3c(Cc3ccccc3)n2)cc1.Oc1ccc(-c2cn3c(O)c(Cc4ccccc4)nc3c(Cc3ccccc3)n2)cc1. The summed E-state index contributed by atoms with van der Waals surface area (Å²) >= 11 is 2.75. The van der Waals surface area contributed by atoms with Gasteiger partial charge in [0, 0.05) is 67.1 Å². The van der Waals surface area contributed by atoms with E-state index in [1.165, 1.54) is 88.3 Å². The van der Waals surface area contributed by atoms with E-state index in [1.54, 1.807) is 64.4 Å². The van der Waals surface area contributed by atoms with Crippen LogP contribution in [0.15, 0.2) is 300 Å². The Kier molecular flexibility index (Phi) is 26.8. The molecule has 3 aliphatic heterocycles. The zero-order valence-corrected chi connectivity index (χ0v) is 73.7. The lowest BCUT2D eigenvalue weighted by Gasteiger charge is -2.25. The normalized spacial score (nSPS) is 14.3. The second-order valence-electron chi connectivity index (χ2n) is 32.2. The largest absolute Gasteiger partial charge is 0.508 e. The van der Waals surface area contributed by atoms with Gasteiger partial charge in [-0.15, -0.1) is 29.7 Å². The van der Waals surface area contributed by atoms with Gasteiger partial charge in [-0.1, -0.05) is 183 Å². The summed E-state index contributed by atoms with van der Waals surface area (Å²) in [7, 11) is 2.80. The van der Waals surface area contributed by atoms with Gasteiger partial charge in [0.2, 0.25) is 11.8 Å². The number of phenols is 3. The Bertz CT molecular complexity index is 6910. The van der Waals surface area contributed by atoms with Crippen molar-refractivity contribution in [2.75, 3.05) is 20.0 Å². The number of ether oxygens (including phenoxy) is 3. The molecule has 4 aliphatic rings. The Morgan fingerprint density at radius 2 is 1.16 bits per heavy atom. The van der Waals surface area contributed by atoms with Crippen LogP contribution in [-0.4, -0.2) is 118 Å². The first-order chi connectivity index (χ1) is 62.6. The van der Waals surface area contributed by atoms with E-state index < -0.39 is 23.0 Å². The molecule has 10 aromatic carbocycles. The molecule has 1 amide bonds. The van der Waals surface area contributed by atoms with Gasteiger partial charge in [-0.3, -0.25) is 33.6 Å². The number of esters is 1. The Morgan fingerprint density at radius 3 is 1.74 bits per heavy atom.